The monoisotopic (exact) mass is 282 g/mol. The number of aromatic amines is 1. The third-order valence-electron chi connectivity index (χ3n) is 1.97. The normalized spacial score (nSPS) is 13.1. The van der Waals surface area contributed by atoms with E-state index in [-0.39, 0.29) is 17.3 Å². The molecule has 0 amide bonds. The van der Waals surface area contributed by atoms with Crippen LogP contribution in [0.25, 0.3) is 0 Å². The van der Waals surface area contributed by atoms with Gasteiger partial charge in [-0.25, -0.2) is 30.8 Å². The van der Waals surface area contributed by atoms with E-state index in [0.717, 1.165) is 10.5 Å². The summed E-state index contributed by atoms with van der Waals surface area (Å²) in [5, 5.41) is -0.0975. The highest BCUT2D eigenvalue weighted by atomic mass is 32.2. The molecule has 0 saturated heterocycles. The van der Waals surface area contributed by atoms with E-state index in [1.165, 1.54) is 20.4 Å². The van der Waals surface area contributed by atoms with Crippen molar-refractivity contribution in [3.63, 3.8) is 0 Å². The summed E-state index contributed by atoms with van der Waals surface area (Å²) in [6.45, 7) is -0.193. The molecule has 98 valence electrons. The fourth-order valence-electron chi connectivity index (χ4n) is 0.955. The predicted octanol–water partition coefficient (Wildman–Crippen LogP) is -1.42. The zero-order valence-corrected chi connectivity index (χ0v) is 11.0. The minimum Gasteiger partial charge on any atom is -0.335 e. The van der Waals surface area contributed by atoms with Gasteiger partial charge in [0.1, 0.15) is 0 Å². The number of aromatic nitrogens is 2. The zero-order chi connectivity index (χ0) is 13.1. The Bertz CT molecular complexity index is 547. The molecule has 2 N–H and O–H groups in total. The summed E-state index contributed by atoms with van der Waals surface area (Å²) in [4.78, 5) is 6.00. The van der Waals surface area contributed by atoms with Crippen LogP contribution in [0.2, 0.25) is 0 Å². The van der Waals surface area contributed by atoms with Crippen molar-refractivity contribution >= 4 is 20.0 Å². The molecule has 1 aromatic rings. The van der Waals surface area contributed by atoms with Crippen molar-refractivity contribution in [2.75, 3.05) is 26.4 Å². The standard InChI is InChI=1S/C7H14N4O4S2/c1-11(2)16(12,13)4-3-10-17(14,15)7-5-8-6-9-7/h5-6,10H,3-4H2,1-2H3,(H,8,9). The Hall–Kier alpha value is -0.970. The second-order valence-corrected chi connectivity index (χ2v) is 7.45. The van der Waals surface area contributed by atoms with E-state index in [1.54, 1.807) is 0 Å². The average molecular weight is 282 g/mol. The molecule has 8 nitrogen and oxygen atoms in total. The fraction of sp³-hybridized carbons (Fsp3) is 0.571. The molecule has 0 radical (unpaired) electrons. The summed E-state index contributed by atoms with van der Waals surface area (Å²) in [6, 6.07) is 0. The number of nitrogens with one attached hydrogen (secondary N) is 2. The number of rotatable bonds is 6. The molecular weight excluding hydrogens is 268 g/mol. The molecule has 0 aliphatic rings. The molecule has 0 atom stereocenters. The number of nitrogens with zero attached hydrogens (tertiary/aromatic N) is 2. The molecule has 0 aliphatic heterocycles. The van der Waals surface area contributed by atoms with Gasteiger partial charge in [0.05, 0.1) is 18.3 Å². The average Bonchev–Trinajstić information content (AvgIpc) is 2.69. The van der Waals surface area contributed by atoms with Gasteiger partial charge in [0.15, 0.2) is 5.03 Å². The van der Waals surface area contributed by atoms with Gasteiger partial charge in [0.2, 0.25) is 10.0 Å². The van der Waals surface area contributed by atoms with Crippen LogP contribution in [0, 0.1) is 0 Å². The third-order valence-corrected chi connectivity index (χ3v) is 5.19. The van der Waals surface area contributed by atoms with Crippen LogP contribution in [0.15, 0.2) is 17.6 Å². The molecule has 1 rings (SSSR count). The quantitative estimate of drug-likeness (QED) is 0.665. The first-order chi connectivity index (χ1) is 7.76. The molecule has 0 unspecified atom stereocenters. The number of sulfonamides is 2. The van der Waals surface area contributed by atoms with E-state index < -0.39 is 20.0 Å². The Kier molecular flexibility index (Phi) is 4.25. The summed E-state index contributed by atoms with van der Waals surface area (Å²) in [7, 11) is -4.35. The van der Waals surface area contributed by atoms with E-state index >= 15 is 0 Å². The van der Waals surface area contributed by atoms with E-state index in [0.29, 0.717) is 0 Å². The van der Waals surface area contributed by atoms with Crippen LogP contribution in [0.1, 0.15) is 0 Å². The fourth-order valence-corrected chi connectivity index (χ4v) is 2.74. The van der Waals surface area contributed by atoms with E-state index in [2.05, 4.69) is 14.7 Å². The van der Waals surface area contributed by atoms with Crippen molar-refractivity contribution < 1.29 is 16.8 Å². The van der Waals surface area contributed by atoms with Crippen molar-refractivity contribution in [1.29, 1.82) is 0 Å². The molecule has 17 heavy (non-hydrogen) atoms. The lowest BCUT2D eigenvalue weighted by atomic mass is 10.8. The molecule has 1 aromatic heterocycles. The summed E-state index contributed by atoms with van der Waals surface area (Å²) in [5.74, 6) is -0.298. The molecule has 0 spiro atoms. The molecule has 0 aromatic carbocycles. The van der Waals surface area contributed by atoms with Crippen LogP contribution in [0.4, 0.5) is 0 Å². The van der Waals surface area contributed by atoms with E-state index in [1.807, 2.05) is 0 Å². The van der Waals surface area contributed by atoms with Gasteiger partial charge < -0.3 is 4.98 Å². The van der Waals surface area contributed by atoms with Crippen LogP contribution in [0.3, 0.4) is 0 Å². The van der Waals surface area contributed by atoms with Gasteiger partial charge in [-0.2, -0.15) is 0 Å². The van der Waals surface area contributed by atoms with Crippen LogP contribution in [0.5, 0.6) is 0 Å². The Morgan fingerprint density at radius 1 is 1.35 bits per heavy atom. The van der Waals surface area contributed by atoms with Crippen LogP contribution >= 0.6 is 0 Å². The Morgan fingerprint density at radius 3 is 2.47 bits per heavy atom. The summed E-state index contributed by atoms with van der Waals surface area (Å²) in [5.41, 5.74) is 0. The molecule has 0 saturated carbocycles. The molecule has 0 bridgehead atoms. The first-order valence-electron chi connectivity index (χ1n) is 4.64. The van der Waals surface area contributed by atoms with Crippen LogP contribution < -0.4 is 4.72 Å². The minimum absolute atomic E-state index is 0.0975. The Morgan fingerprint density at radius 2 is 2.00 bits per heavy atom. The SMILES string of the molecule is CN(C)S(=O)(=O)CCNS(=O)(=O)c1cnc[nH]1. The summed E-state index contributed by atoms with van der Waals surface area (Å²) < 4.78 is 49.1. The minimum atomic E-state index is -3.72. The van der Waals surface area contributed by atoms with Crippen LogP contribution in [-0.2, 0) is 20.0 Å². The lowest BCUT2D eigenvalue weighted by Crippen LogP contribution is -2.34. The lowest BCUT2D eigenvalue weighted by molar-refractivity contribution is 0.519. The first-order valence-corrected chi connectivity index (χ1v) is 7.73. The molecule has 0 fully saturated rings. The van der Waals surface area contributed by atoms with Crippen molar-refractivity contribution in [2.24, 2.45) is 0 Å². The maximum Gasteiger partial charge on any atom is 0.257 e. The second kappa shape index (κ2) is 5.12. The highest BCUT2D eigenvalue weighted by molar-refractivity contribution is 7.90. The molecule has 0 aliphatic carbocycles. The van der Waals surface area contributed by atoms with Gasteiger partial charge >= 0.3 is 0 Å². The number of imidazole rings is 1. The van der Waals surface area contributed by atoms with Crippen molar-refractivity contribution in [3.05, 3.63) is 12.5 Å². The third kappa shape index (κ3) is 3.77. The topological polar surface area (TPSA) is 112 Å². The lowest BCUT2D eigenvalue weighted by Gasteiger charge is -2.11. The second-order valence-electron chi connectivity index (χ2n) is 3.41. The van der Waals surface area contributed by atoms with E-state index in [4.69, 9.17) is 0 Å². The van der Waals surface area contributed by atoms with Gasteiger partial charge in [-0.05, 0) is 0 Å². The first kappa shape index (κ1) is 14.1. The van der Waals surface area contributed by atoms with Crippen molar-refractivity contribution in [2.45, 2.75) is 5.03 Å². The van der Waals surface area contributed by atoms with E-state index in [9.17, 15) is 16.8 Å². The largest absolute Gasteiger partial charge is 0.335 e. The zero-order valence-electron chi connectivity index (χ0n) is 9.41. The predicted molar refractivity (Wildman–Crippen MR) is 61.3 cm³/mol. The molecule has 1 heterocycles. The van der Waals surface area contributed by atoms with Crippen LogP contribution in [-0.4, -0.2) is 57.5 Å². The van der Waals surface area contributed by atoms with Gasteiger partial charge in [-0.15, -0.1) is 0 Å². The van der Waals surface area contributed by atoms with Crippen molar-refractivity contribution in [3.8, 4) is 0 Å². The maximum atomic E-state index is 11.6. The number of hydrogen-bond donors (Lipinski definition) is 2. The van der Waals surface area contributed by atoms with Crippen molar-refractivity contribution in [1.82, 2.24) is 19.0 Å². The summed E-state index contributed by atoms with van der Waals surface area (Å²) in [6.07, 6.45) is 2.37. The number of H-pyrrole nitrogens is 1. The Labute approximate surface area is 100 Å². The Balaban J connectivity index is 2.59. The van der Waals surface area contributed by atoms with Gasteiger partial charge in [-0.1, -0.05) is 0 Å². The smallest absolute Gasteiger partial charge is 0.257 e. The van der Waals surface area contributed by atoms with Gasteiger partial charge in [-0.3, -0.25) is 0 Å². The molecule has 10 heteroatoms. The number of hydrogen-bond acceptors (Lipinski definition) is 5. The highest BCUT2D eigenvalue weighted by Gasteiger charge is 2.18. The molecular formula is C7H14N4O4S2. The maximum absolute atomic E-state index is 11.6. The van der Waals surface area contributed by atoms with Gasteiger partial charge in [0.25, 0.3) is 10.0 Å². The van der Waals surface area contributed by atoms with Gasteiger partial charge in [0, 0.05) is 20.6 Å². The summed E-state index contributed by atoms with van der Waals surface area (Å²) >= 11 is 0. The highest BCUT2D eigenvalue weighted by Crippen LogP contribution is 2.01.